The van der Waals surface area contributed by atoms with Crippen molar-refractivity contribution in [1.82, 2.24) is 0 Å². The van der Waals surface area contributed by atoms with Crippen LogP contribution >= 0.6 is 0 Å². The van der Waals surface area contributed by atoms with Crippen LogP contribution in [0.15, 0.2) is 42.5 Å². The van der Waals surface area contributed by atoms with Gasteiger partial charge in [-0.2, -0.15) is 0 Å². The second-order valence-electron chi connectivity index (χ2n) is 8.55. The van der Waals surface area contributed by atoms with E-state index in [0.717, 1.165) is 11.8 Å². The maximum absolute atomic E-state index is 11.1. The number of benzene rings is 2. The summed E-state index contributed by atoms with van der Waals surface area (Å²) in [6.45, 7) is 11.7. The number of carbonyl (C=O) groups is 1. The highest BCUT2D eigenvalue weighted by Gasteiger charge is 2.39. The molecular weight excluding hydrogens is 292 g/mol. The maximum Gasteiger partial charge on any atom is 0.150 e. The van der Waals surface area contributed by atoms with Crippen LogP contribution in [-0.2, 0) is 10.8 Å². The largest absolute Gasteiger partial charge is 0.298 e. The highest BCUT2D eigenvalue weighted by Crippen LogP contribution is 2.48. The van der Waals surface area contributed by atoms with Crippen LogP contribution in [0.4, 0.5) is 0 Å². The molecule has 1 aliphatic carbocycles. The zero-order chi connectivity index (χ0) is 17.5. The third-order valence-electron chi connectivity index (χ3n) is 5.89. The van der Waals surface area contributed by atoms with E-state index in [0.29, 0.717) is 0 Å². The van der Waals surface area contributed by atoms with Crippen molar-refractivity contribution in [1.29, 1.82) is 0 Å². The predicted octanol–water partition coefficient (Wildman–Crippen LogP) is 6.00. The summed E-state index contributed by atoms with van der Waals surface area (Å²) in [4.78, 5) is 11.1. The summed E-state index contributed by atoms with van der Waals surface area (Å²) in [7, 11) is 0. The third kappa shape index (κ3) is 2.81. The van der Waals surface area contributed by atoms with E-state index in [1.165, 1.54) is 35.1 Å². The van der Waals surface area contributed by atoms with Gasteiger partial charge in [-0.1, -0.05) is 71.0 Å². The van der Waals surface area contributed by atoms with Crippen LogP contribution in [0.25, 0.3) is 0 Å². The smallest absolute Gasteiger partial charge is 0.150 e. The van der Waals surface area contributed by atoms with Gasteiger partial charge in [-0.15, -0.1) is 0 Å². The molecule has 126 valence electrons. The summed E-state index contributed by atoms with van der Waals surface area (Å²) in [5.74, 6) is 0.285. The van der Waals surface area contributed by atoms with Crippen LogP contribution in [0.2, 0.25) is 0 Å². The highest BCUT2D eigenvalue weighted by atomic mass is 16.1. The molecule has 0 saturated carbocycles. The Morgan fingerprint density at radius 3 is 2.33 bits per heavy atom. The SMILES string of the molecule is CC(c1cccc(C=O)c1)c1cccc2c1C(C)(C)CCC2(C)C. The molecule has 1 nitrogen and oxygen atoms in total. The average Bonchev–Trinajstić information content (AvgIpc) is 2.58. The van der Waals surface area contributed by atoms with Gasteiger partial charge in [-0.05, 0) is 52.0 Å². The van der Waals surface area contributed by atoms with Crippen molar-refractivity contribution in [3.63, 3.8) is 0 Å². The molecule has 0 aromatic heterocycles. The van der Waals surface area contributed by atoms with E-state index < -0.39 is 0 Å². The van der Waals surface area contributed by atoms with E-state index in [1.807, 2.05) is 18.2 Å². The fourth-order valence-electron chi connectivity index (χ4n) is 4.22. The number of hydrogen-bond acceptors (Lipinski definition) is 1. The van der Waals surface area contributed by atoms with Crippen LogP contribution in [0, 0.1) is 0 Å². The van der Waals surface area contributed by atoms with E-state index in [-0.39, 0.29) is 16.7 Å². The summed E-state index contributed by atoms with van der Waals surface area (Å²) >= 11 is 0. The first kappa shape index (κ1) is 17.0. The molecule has 24 heavy (non-hydrogen) atoms. The molecule has 0 aliphatic heterocycles. The van der Waals surface area contributed by atoms with Crippen LogP contribution < -0.4 is 0 Å². The topological polar surface area (TPSA) is 17.1 Å². The standard InChI is InChI=1S/C23H28O/c1-16(18-9-6-8-17(14-18)15-24)19-10-7-11-20-21(19)23(4,5)13-12-22(20,2)3/h6-11,14-16H,12-13H2,1-5H3. The first-order valence-electron chi connectivity index (χ1n) is 8.95. The molecule has 0 spiro atoms. The quantitative estimate of drug-likeness (QED) is 0.634. The van der Waals surface area contributed by atoms with Crippen molar-refractivity contribution in [2.45, 2.75) is 64.2 Å². The maximum atomic E-state index is 11.1. The lowest BCUT2D eigenvalue weighted by atomic mass is 9.61. The van der Waals surface area contributed by atoms with Gasteiger partial charge in [0.15, 0.2) is 0 Å². The zero-order valence-electron chi connectivity index (χ0n) is 15.5. The molecule has 1 unspecified atom stereocenters. The van der Waals surface area contributed by atoms with Crippen molar-refractivity contribution in [2.75, 3.05) is 0 Å². The number of hydrogen-bond donors (Lipinski definition) is 0. The van der Waals surface area contributed by atoms with Gasteiger partial charge in [0, 0.05) is 11.5 Å². The summed E-state index contributed by atoms with van der Waals surface area (Å²) in [6.07, 6.45) is 3.38. The highest BCUT2D eigenvalue weighted by molar-refractivity contribution is 5.75. The molecule has 0 fully saturated rings. The summed E-state index contributed by atoms with van der Waals surface area (Å²) in [5.41, 5.74) is 6.81. The van der Waals surface area contributed by atoms with E-state index in [9.17, 15) is 4.79 Å². The van der Waals surface area contributed by atoms with Crippen LogP contribution in [0.3, 0.4) is 0 Å². The van der Waals surface area contributed by atoms with Gasteiger partial charge in [0.1, 0.15) is 6.29 Å². The lowest BCUT2D eigenvalue weighted by Crippen LogP contribution is -2.35. The van der Waals surface area contributed by atoms with E-state index in [1.54, 1.807) is 0 Å². The van der Waals surface area contributed by atoms with Gasteiger partial charge >= 0.3 is 0 Å². The normalized spacial score (nSPS) is 19.4. The van der Waals surface area contributed by atoms with E-state index in [4.69, 9.17) is 0 Å². The molecule has 2 aromatic rings. The monoisotopic (exact) mass is 320 g/mol. The van der Waals surface area contributed by atoms with Crippen LogP contribution in [-0.4, -0.2) is 6.29 Å². The van der Waals surface area contributed by atoms with Crippen molar-refractivity contribution in [3.8, 4) is 0 Å². The minimum absolute atomic E-state index is 0.192. The first-order valence-corrected chi connectivity index (χ1v) is 8.95. The lowest BCUT2D eigenvalue weighted by molar-refractivity contribution is 0.112. The average molecular weight is 320 g/mol. The van der Waals surface area contributed by atoms with Crippen LogP contribution in [0.1, 0.15) is 86.0 Å². The summed E-state index contributed by atoms with van der Waals surface area (Å²) in [5, 5.41) is 0. The van der Waals surface area contributed by atoms with Gasteiger partial charge in [0.25, 0.3) is 0 Å². The number of aldehydes is 1. The van der Waals surface area contributed by atoms with Crippen molar-refractivity contribution < 1.29 is 4.79 Å². The summed E-state index contributed by atoms with van der Waals surface area (Å²) < 4.78 is 0. The van der Waals surface area contributed by atoms with Gasteiger partial charge < -0.3 is 0 Å². The molecule has 1 atom stereocenters. The Morgan fingerprint density at radius 2 is 1.62 bits per heavy atom. The second-order valence-corrected chi connectivity index (χ2v) is 8.55. The van der Waals surface area contributed by atoms with Gasteiger partial charge in [-0.3, -0.25) is 4.79 Å². The Hall–Kier alpha value is -1.89. The van der Waals surface area contributed by atoms with Gasteiger partial charge in [0.05, 0.1) is 0 Å². The van der Waals surface area contributed by atoms with E-state index in [2.05, 4.69) is 58.9 Å². The van der Waals surface area contributed by atoms with Crippen molar-refractivity contribution in [2.24, 2.45) is 0 Å². The predicted molar refractivity (Wildman–Crippen MR) is 101 cm³/mol. The molecule has 0 heterocycles. The molecule has 2 aromatic carbocycles. The molecule has 0 bridgehead atoms. The molecule has 1 aliphatic rings. The fourth-order valence-corrected chi connectivity index (χ4v) is 4.22. The molecule has 0 amide bonds. The van der Waals surface area contributed by atoms with Crippen LogP contribution in [0.5, 0.6) is 0 Å². The number of rotatable bonds is 3. The Labute approximate surface area is 146 Å². The first-order chi connectivity index (χ1) is 11.3. The third-order valence-corrected chi connectivity index (χ3v) is 5.89. The zero-order valence-corrected chi connectivity index (χ0v) is 15.5. The second kappa shape index (κ2) is 5.88. The summed E-state index contributed by atoms with van der Waals surface area (Å²) in [6, 6.07) is 14.8. The molecule has 1 heteroatoms. The Bertz CT molecular complexity index is 767. The molecule has 0 radical (unpaired) electrons. The lowest BCUT2D eigenvalue weighted by Gasteiger charge is -2.43. The van der Waals surface area contributed by atoms with Crippen molar-refractivity contribution >= 4 is 6.29 Å². The number of fused-ring (bicyclic) bond motifs is 1. The molecule has 0 saturated heterocycles. The molecular formula is C23H28O. The fraction of sp³-hybridized carbons (Fsp3) is 0.435. The number of carbonyl (C=O) groups excluding carboxylic acids is 1. The Balaban J connectivity index is 2.17. The Morgan fingerprint density at radius 1 is 0.958 bits per heavy atom. The van der Waals surface area contributed by atoms with Gasteiger partial charge in [-0.25, -0.2) is 0 Å². The minimum atomic E-state index is 0.192. The van der Waals surface area contributed by atoms with E-state index >= 15 is 0 Å². The van der Waals surface area contributed by atoms with Gasteiger partial charge in [0.2, 0.25) is 0 Å². The minimum Gasteiger partial charge on any atom is -0.298 e. The Kier molecular flexibility index (Phi) is 4.15. The molecule has 0 N–H and O–H groups in total. The van der Waals surface area contributed by atoms with Crippen molar-refractivity contribution in [3.05, 3.63) is 70.3 Å². The molecule has 3 rings (SSSR count).